The van der Waals surface area contributed by atoms with Crippen LogP contribution in [0.3, 0.4) is 0 Å². The van der Waals surface area contributed by atoms with Crippen molar-refractivity contribution in [3.05, 3.63) is 11.3 Å². The maximum absolute atomic E-state index is 4.32. The second-order valence-electron chi connectivity index (χ2n) is 7.43. The molecule has 2 aliphatic carbocycles. The van der Waals surface area contributed by atoms with Crippen LogP contribution >= 0.6 is 0 Å². The molecule has 1 aliphatic heterocycles. The molecule has 108 valence electrons. The minimum atomic E-state index is 0.0775. The molecule has 5 heteroatoms. The summed E-state index contributed by atoms with van der Waals surface area (Å²) < 4.78 is 2.09. The van der Waals surface area contributed by atoms with E-state index in [1.807, 2.05) is 0 Å². The number of hydrogen-bond donors (Lipinski definition) is 1. The van der Waals surface area contributed by atoms with E-state index in [4.69, 9.17) is 0 Å². The second-order valence-corrected chi connectivity index (χ2v) is 7.43. The molecule has 0 amide bonds. The highest BCUT2D eigenvalue weighted by Gasteiger charge is 2.47. The molecular formula is C15H23N5. The number of rotatable bonds is 0. The lowest BCUT2D eigenvalue weighted by atomic mass is 9.67. The van der Waals surface area contributed by atoms with E-state index in [0.29, 0.717) is 5.41 Å². The number of aromatic nitrogens is 4. The van der Waals surface area contributed by atoms with Crippen LogP contribution in [0.5, 0.6) is 0 Å². The summed E-state index contributed by atoms with van der Waals surface area (Å²) in [5.41, 5.74) is 3.47. The quantitative estimate of drug-likeness (QED) is 0.788. The lowest BCUT2D eigenvalue weighted by Crippen LogP contribution is -2.45. The van der Waals surface area contributed by atoms with E-state index in [9.17, 15) is 0 Å². The van der Waals surface area contributed by atoms with Gasteiger partial charge in [-0.15, -0.1) is 0 Å². The number of allylic oxidation sites excluding steroid dienone is 2. The van der Waals surface area contributed by atoms with Crippen LogP contribution in [-0.4, -0.2) is 20.2 Å². The van der Waals surface area contributed by atoms with Gasteiger partial charge in [0.1, 0.15) is 0 Å². The average Bonchev–Trinajstić information content (AvgIpc) is 2.87. The van der Waals surface area contributed by atoms with Gasteiger partial charge in [0.05, 0.1) is 5.54 Å². The zero-order valence-corrected chi connectivity index (χ0v) is 12.4. The summed E-state index contributed by atoms with van der Waals surface area (Å²) >= 11 is 0. The van der Waals surface area contributed by atoms with Gasteiger partial charge in [-0.1, -0.05) is 38.2 Å². The Balaban J connectivity index is 1.84. The first-order chi connectivity index (χ1) is 9.61. The number of hydrogen-bond acceptors (Lipinski definition) is 4. The summed E-state index contributed by atoms with van der Waals surface area (Å²) in [6.45, 7) is 4.73. The maximum Gasteiger partial charge on any atom is 0.247 e. The van der Waals surface area contributed by atoms with Crippen LogP contribution in [0.4, 0.5) is 5.95 Å². The molecule has 0 unspecified atom stereocenters. The Labute approximate surface area is 119 Å². The molecule has 1 N–H and O–H groups in total. The minimum Gasteiger partial charge on any atom is -0.327 e. The molecule has 5 nitrogen and oxygen atoms in total. The van der Waals surface area contributed by atoms with Gasteiger partial charge in [0.25, 0.3) is 0 Å². The molecule has 0 saturated heterocycles. The number of nitrogens with zero attached hydrogens (tertiary/aromatic N) is 4. The van der Waals surface area contributed by atoms with Crippen LogP contribution in [-0.2, 0) is 5.54 Å². The summed E-state index contributed by atoms with van der Waals surface area (Å²) in [4.78, 5) is 0. The van der Waals surface area contributed by atoms with Gasteiger partial charge in [-0.25, -0.2) is 4.68 Å². The second kappa shape index (κ2) is 4.06. The normalized spacial score (nSPS) is 26.9. The Bertz CT molecular complexity index is 563. The first-order valence-electron chi connectivity index (χ1n) is 7.89. The SMILES string of the molecule is CC1(C)CCC2=C(C1)Nc1nnnn1C21CCCCC1. The molecule has 2 heterocycles. The molecule has 1 aromatic heterocycles. The molecule has 1 spiro atoms. The van der Waals surface area contributed by atoms with Crippen LogP contribution in [0.2, 0.25) is 0 Å². The first kappa shape index (κ1) is 12.4. The molecule has 0 bridgehead atoms. The van der Waals surface area contributed by atoms with Crippen molar-refractivity contribution >= 4 is 5.95 Å². The van der Waals surface area contributed by atoms with Crippen molar-refractivity contribution in [3.63, 3.8) is 0 Å². The van der Waals surface area contributed by atoms with Crippen molar-refractivity contribution in [3.8, 4) is 0 Å². The van der Waals surface area contributed by atoms with E-state index in [1.165, 1.54) is 50.6 Å². The lowest BCUT2D eigenvalue weighted by Gasteiger charge is -2.47. The number of anilines is 1. The largest absolute Gasteiger partial charge is 0.327 e. The Kier molecular flexibility index (Phi) is 2.51. The molecule has 0 radical (unpaired) electrons. The van der Waals surface area contributed by atoms with E-state index in [2.05, 4.69) is 39.4 Å². The molecule has 20 heavy (non-hydrogen) atoms. The number of tetrazole rings is 1. The molecule has 4 rings (SSSR count). The van der Waals surface area contributed by atoms with Crippen molar-refractivity contribution in [1.82, 2.24) is 20.2 Å². The van der Waals surface area contributed by atoms with Gasteiger partial charge < -0.3 is 5.32 Å². The van der Waals surface area contributed by atoms with Crippen molar-refractivity contribution in [2.45, 2.75) is 70.8 Å². The molecule has 1 aromatic rings. The first-order valence-corrected chi connectivity index (χ1v) is 7.89. The van der Waals surface area contributed by atoms with E-state index < -0.39 is 0 Å². The summed E-state index contributed by atoms with van der Waals surface area (Å²) in [6, 6.07) is 0. The summed E-state index contributed by atoms with van der Waals surface area (Å²) in [5.74, 6) is 0.850. The Morgan fingerprint density at radius 1 is 1.10 bits per heavy atom. The summed E-state index contributed by atoms with van der Waals surface area (Å²) in [5, 5.41) is 16.0. The monoisotopic (exact) mass is 273 g/mol. The predicted octanol–water partition coefficient (Wildman–Crippen LogP) is 3.22. The molecule has 0 aromatic carbocycles. The van der Waals surface area contributed by atoms with Crippen molar-refractivity contribution < 1.29 is 0 Å². The fourth-order valence-corrected chi connectivity index (χ4v) is 4.39. The maximum atomic E-state index is 4.32. The third-order valence-corrected chi connectivity index (χ3v) is 5.45. The van der Waals surface area contributed by atoms with Crippen molar-refractivity contribution in [1.29, 1.82) is 0 Å². The predicted molar refractivity (Wildman–Crippen MR) is 77.2 cm³/mol. The summed E-state index contributed by atoms with van der Waals surface area (Å²) in [7, 11) is 0. The highest BCUT2D eigenvalue weighted by Crippen LogP contribution is 2.52. The molecule has 1 fully saturated rings. The number of fused-ring (bicyclic) bond motifs is 3. The molecule has 1 saturated carbocycles. The van der Waals surface area contributed by atoms with Crippen LogP contribution in [0.1, 0.15) is 65.2 Å². The Hall–Kier alpha value is -1.39. The molecular weight excluding hydrogens is 250 g/mol. The average molecular weight is 273 g/mol. The number of nitrogens with one attached hydrogen (secondary N) is 1. The van der Waals surface area contributed by atoms with Crippen LogP contribution < -0.4 is 5.32 Å². The van der Waals surface area contributed by atoms with Gasteiger partial charge in [0.15, 0.2) is 0 Å². The highest BCUT2D eigenvalue weighted by molar-refractivity contribution is 5.47. The fraction of sp³-hybridized carbons (Fsp3) is 0.800. The molecule has 3 aliphatic rings. The Morgan fingerprint density at radius 2 is 1.90 bits per heavy atom. The van der Waals surface area contributed by atoms with Gasteiger partial charge >= 0.3 is 0 Å². The lowest BCUT2D eigenvalue weighted by molar-refractivity contribution is 0.185. The summed E-state index contributed by atoms with van der Waals surface area (Å²) in [6.07, 6.45) is 9.91. The zero-order chi connectivity index (χ0) is 13.8. The van der Waals surface area contributed by atoms with Gasteiger partial charge in [0.2, 0.25) is 5.95 Å². The van der Waals surface area contributed by atoms with Gasteiger partial charge in [0, 0.05) is 5.70 Å². The Morgan fingerprint density at radius 3 is 2.70 bits per heavy atom. The third kappa shape index (κ3) is 1.64. The standard InChI is InChI=1S/C15H23N5/c1-14(2)9-6-11-12(10-14)16-13-17-18-19-20(13)15(11)7-4-3-5-8-15/h3-10H2,1-2H3,(H,16,17,19). The topological polar surface area (TPSA) is 55.6 Å². The van der Waals surface area contributed by atoms with E-state index in [1.54, 1.807) is 5.57 Å². The zero-order valence-electron chi connectivity index (χ0n) is 12.4. The van der Waals surface area contributed by atoms with Crippen molar-refractivity contribution in [2.24, 2.45) is 5.41 Å². The highest BCUT2D eigenvalue weighted by atomic mass is 15.6. The molecule has 0 atom stereocenters. The minimum absolute atomic E-state index is 0.0775. The van der Waals surface area contributed by atoms with E-state index in [-0.39, 0.29) is 5.54 Å². The van der Waals surface area contributed by atoms with Gasteiger partial charge in [-0.2, -0.15) is 0 Å². The van der Waals surface area contributed by atoms with Crippen LogP contribution in [0.25, 0.3) is 0 Å². The van der Waals surface area contributed by atoms with E-state index in [0.717, 1.165) is 12.4 Å². The van der Waals surface area contributed by atoms with E-state index >= 15 is 0 Å². The van der Waals surface area contributed by atoms with Crippen LogP contribution in [0.15, 0.2) is 11.3 Å². The fourth-order valence-electron chi connectivity index (χ4n) is 4.39. The van der Waals surface area contributed by atoms with Gasteiger partial charge in [-0.3, -0.25) is 0 Å². The van der Waals surface area contributed by atoms with Gasteiger partial charge in [-0.05, 0) is 53.5 Å². The third-order valence-electron chi connectivity index (χ3n) is 5.45. The van der Waals surface area contributed by atoms with Crippen molar-refractivity contribution in [2.75, 3.05) is 5.32 Å². The van der Waals surface area contributed by atoms with Crippen LogP contribution in [0, 0.1) is 5.41 Å². The smallest absolute Gasteiger partial charge is 0.247 e.